The topological polar surface area (TPSA) is 86.9 Å². The Labute approximate surface area is 101 Å². The van der Waals surface area contributed by atoms with Gasteiger partial charge in [-0.2, -0.15) is 0 Å². The second kappa shape index (κ2) is 5.16. The summed E-state index contributed by atoms with van der Waals surface area (Å²) in [5.74, 6) is 0.636. The summed E-state index contributed by atoms with van der Waals surface area (Å²) in [6, 6.07) is -0.322. The minimum Gasteiger partial charge on any atom is -0.347 e. The number of aromatic amines is 1. The zero-order valence-electron chi connectivity index (χ0n) is 9.81. The van der Waals surface area contributed by atoms with E-state index in [0.29, 0.717) is 18.8 Å². The van der Waals surface area contributed by atoms with Gasteiger partial charge in [-0.3, -0.25) is 0 Å². The van der Waals surface area contributed by atoms with E-state index in [1.54, 1.807) is 19.3 Å². The Morgan fingerprint density at radius 3 is 3.00 bits per heavy atom. The van der Waals surface area contributed by atoms with Crippen LogP contribution in [0.2, 0.25) is 0 Å². The van der Waals surface area contributed by atoms with Crippen LogP contribution in [0.15, 0.2) is 12.4 Å². The van der Waals surface area contributed by atoms with E-state index in [2.05, 4.69) is 20.0 Å². The van der Waals surface area contributed by atoms with Crippen LogP contribution in [0.4, 0.5) is 0 Å². The van der Waals surface area contributed by atoms with E-state index >= 15 is 0 Å². The summed E-state index contributed by atoms with van der Waals surface area (Å²) in [4.78, 5) is 6.96. The second-order valence-corrected chi connectivity index (χ2v) is 6.32. The maximum absolute atomic E-state index is 12.1. The molecule has 0 radical (unpaired) electrons. The van der Waals surface area contributed by atoms with E-state index in [4.69, 9.17) is 0 Å². The van der Waals surface area contributed by atoms with Gasteiger partial charge in [-0.15, -0.1) is 0 Å². The molecule has 0 saturated carbocycles. The van der Waals surface area contributed by atoms with Crippen molar-refractivity contribution in [1.29, 1.82) is 0 Å². The van der Waals surface area contributed by atoms with E-state index in [0.717, 1.165) is 13.0 Å². The molecule has 1 aromatic rings. The smallest absolute Gasteiger partial charge is 0.216 e. The average molecular weight is 258 g/mol. The Balaban J connectivity index is 2.01. The van der Waals surface area contributed by atoms with Gasteiger partial charge in [0.25, 0.3) is 0 Å². The first-order valence-corrected chi connectivity index (χ1v) is 7.35. The van der Waals surface area contributed by atoms with E-state index in [-0.39, 0.29) is 11.3 Å². The van der Waals surface area contributed by atoms with Crippen molar-refractivity contribution >= 4 is 10.0 Å². The van der Waals surface area contributed by atoms with Gasteiger partial charge in [-0.05, 0) is 26.3 Å². The Bertz CT molecular complexity index is 437. The SMILES string of the molecule is CC(NS(=O)(=O)C1CCCNC1)c1ncc[nH]1. The monoisotopic (exact) mass is 258 g/mol. The van der Waals surface area contributed by atoms with Crippen LogP contribution in [0.1, 0.15) is 31.6 Å². The molecule has 96 valence electrons. The summed E-state index contributed by atoms with van der Waals surface area (Å²) in [5, 5.41) is 2.77. The van der Waals surface area contributed by atoms with E-state index in [9.17, 15) is 8.42 Å². The van der Waals surface area contributed by atoms with Crippen molar-refractivity contribution in [3.05, 3.63) is 18.2 Å². The van der Waals surface area contributed by atoms with E-state index in [1.165, 1.54) is 0 Å². The highest BCUT2D eigenvalue weighted by Gasteiger charge is 2.29. The number of nitrogens with zero attached hydrogens (tertiary/aromatic N) is 1. The molecule has 3 N–H and O–H groups in total. The predicted molar refractivity (Wildman–Crippen MR) is 64.9 cm³/mol. The molecule has 17 heavy (non-hydrogen) atoms. The Kier molecular flexibility index (Phi) is 3.80. The fraction of sp³-hybridized carbons (Fsp3) is 0.700. The Hall–Kier alpha value is -0.920. The van der Waals surface area contributed by atoms with Gasteiger partial charge in [0, 0.05) is 18.9 Å². The summed E-state index contributed by atoms with van der Waals surface area (Å²) in [6.07, 6.45) is 4.92. The fourth-order valence-electron chi connectivity index (χ4n) is 2.00. The molecule has 1 aliphatic heterocycles. The number of H-pyrrole nitrogens is 1. The van der Waals surface area contributed by atoms with Gasteiger partial charge < -0.3 is 10.3 Å². The van der Waals surface area contributed by atoms with Crippen molar-refractivity contribution in [2.45, 2.75) is 31.1 Å². The van der Waals surface area contributed by atoms with Gasteiger partial charge in [-0.25, -0.2) is 18.1 Å². The third kappa shape index (κ3) is 3.05. The summed E-state index contributed by atoms with van der Waals surface area (Å²) < 4.78 is 26.9. The quantitative estimate of drug-likeness (QED) is 0.717. The zero-order chi connectivity index (χ0) is 12.3. The third-order valence-corrected chi connectivity index (χ3v) is 4.92. The van der Waals surface area contributed by atoms with E-state index < -0.39 is 10.0 Å². The highest BCUT2D eigenvalue weighted by molar-refractivity contribution is 7.90. The lowest BCUT2D eigenvalue weighted by molar-refractivity contribution is 0.483. The molecule has 2 rings (SSSR count). The molecule has 1 fully saturated rings. The van der Waals surface area contributed by atoms with Crippen LogP contribution in [0, 0.1) is 0 Å². The molecular formula is C10H18N4O2S. The van der Waals surface area contributed by atoms with Gasteiger partial charge in [0.1, 0.15) is 5.82 Å². The number of sulfonamides is 1. The first-order valence-electron chi connectivity index (χ1n) is 5.81. The second-order valence-electron chi connectivity index (χ2n) is 4.33. The maximum Gasteiger partial charge on any atom is 0.216 e. The molecule has 2 atom stereocenters. The van der Waals surface area contributed by atoms with Crippen molar-refractivity contribution < 1.29 is 8.42 Å². The van der Waals surface area contributed by atoms with Gasteiger partial charge in [-0.1, -0.05) is 0 Å². The number of rotatable bonds is 4. The number of nitrogens with one attached hydrogen (secondary N) is 3. The number of aromatic nitrogens is 2. The van der Waals surface area contributed by atoms with Crippen LogP contribution in [0.25, 0.3) is 0 Å². The van der Waals surface area contributed by atoms with Crippen molar-refractivity contribution in [3.8, 4) is 0 Å². The highest BCUT2D eigenvalue weighted by Crippen LogP contribution is 2.14. The minimum atomic E-state index is -3.28. The van der Waals surface area contributed by atoms with Crippen molar-refractivity contribution in [1.82, 2.24) is 20.0 Å². The van der Waals surface area contributed by atoms with Crippen molar-refractivity contribution in [3.63, 3.8) is 0 Å². The first-order chi connectivity index (χ1) is 8.09. The first kappa shape index (κ1) is 12.5. The molecule has 2 heterocycles. The lowest BCUT2D eigenvalue weighted by atomic mass is 10.2. The normalized spacial score (nSPS) is 23.5. The van der Waals surface area contributed by atoms with Crippen molar-refractivity contribution in [2.24, 2.45) is 0 Å². The number of piperidine rings is 1. The van der Waals surface area contributed by atoms with Gasteiger partial charge in [0.2, 0.25) is 10.0 Å². The van der Waals surface area contributed by atoms with Crippen LogP contribution >= 0.6 is 0 Å². The number of imidazole rings is 1. The minimum absolute atomic E-state index is 0.322. The predicted octanol–water partition coefficient (Wildman–Crippen LogP) is 0.142. The molecule has 0 amide bonds. The summed E-state index contributed by atoms with van der Waals surface area (Å²) in [6.45, 7) is 3.21. The summed E-state index contributed by atoms with van der Waals surface area (Å²) in [5.41, 5.74) is 0. The molecule has 6 nitrogen and oxygen atoms in total. The largest absolute Gasteiger partial charge is 0.347 e. The standard InChI is InChI=1S/C10H18N4O2S/c1-8(10-12-5-6-13-10)14-17(15,16)9-3-2-4-11-7-9/h5-6,8-9,11,14H,2-4,7H2,1H3,(H,12,13). The third-order valence-electron chi connectivity index (χ3n) is 2.96. The molecule has 0 bridgehead atoms. The maximum atomic E-state index is 12.1. The fourth-order valence-corrected chi connectivity index (χ4v) is 3.61. The van der Waals surface area contributed by atoms with E-state index in [1.807, 2.05) is 0 Å². The van der Waals surface area contributed by atoms with Crippen LogP contribution in [-0.2, 0) is 10.0 Å². The van der Waals surface area contributed by atoms with Gasteiger partial charge in [0.15, 0.2) is 0 Å². The summed E-state index contributed by atoms with van der Waals surface area (Å²) in [7, 11) is -3.28. The molecule has 0 aromatic carbocycles. The lowest BCUT2D eigenvalue weighted by Crippen LogP contribution is -2.44. The molecule has 1 saturated heterocycles. The average Bonchev–Trinajstić information content (AvgIpc) is 2.83. The van der Waals surface area contributed by atoms with Crippen LogP contribution in [0.5, 0.6) is 0 Å². The van der Waals surface area contributed by atoms with Gasteiger partial charge in [0.05, 0.1) is 11.3 Å². The number of hydrogen-bond donors (Lipinski definition) is 3. The summed E-state index contributed by atoms with van der Waals surface area (Å²) >= 11 is 0. The van der Waals surface area contributed by atoms with Gasteiger partial charge >= 0.3 is 0 Å². The van der Waals surface area contributed by atoms with Crippen LogP contribution in [0.3, 0.4) is 0 Å². The molecule has 1 aromatic heterocycles. The molecule has 1 aliphatic rings. The Morgan fingerprint density at radius 1 is 1.59 bits per heavy atom. The molecule has 0 aliphatic carbocycles. The molecule has 0 spiro atoms. The highest BCUT2D eigenvalue weighted by atomic mass is 32.2. The van der Waals surface area contributed by atoms with Crippen molar-refractivity contribution in [2.75, 3.05) is 13.1 Å². The van der Waals surface area contributed by atoms with Crippen LogP contribution < -0.4 is 10.0 Å². The lowest BCUT2D eigenvalue weighted by Gasteiger charge is -2.24. The number of hydrogen-bond acceptors (Lipinski definition) is 4. The van der Waals surface area contributed by atoms with Crippen LogP contribution in [-0.4, -0.2) is 36.7 Å². The molecule has 7 heteroatoms. The molecular weight excluding hydrogens is 240 g/mol. The zero-order valence-corrected chi connectivity index (χ0v) is 10.6. The molecule has 2 unspecified atom stereocenters. The Morgan fingerprint density at radius 2 is 2.41 bits per heavy atom.